The van der Waals surface area contributed by atoms with E-state index >= 15 is 0 Å². The first kappa shape index (κ1) is 29.5. The number of aryl methyl sites for hydroxylation is 1. The molecule has 2 aliphatic heterocycles. The van der Waals surface area contributed by atoms with E-state index < -0.39 is 12.3 Å². The molecule has 2 fully saturated rings. The highest BCUT2D eigenvalue weighted by atomic mass is 16.7. The van der Waals surface area contributed by atoms with Crippen molar-refractivity contribution in [2.45, 2.75) is 45.1 Å². The van der Waals surface area contributed by atoms with E-state index in [9.17, 15) is 9.59 Å². The van der Waals surface area contributed by atoms with E-state index in [1.165, 1.54) is 32.4 Å². The van der Waals surface area contributed by atoms with Crippen LogP contribution in [0.3, 0.4) is 0 Å². The van der Waals surface area contributed by atoms with Crippen molar-refractivity contribution in [2.24, 2.45) is 0 Å². The van der Waals surface area contributed by atoms with Crippen LogP contribution < -0.4 is 9.47 Å². The van der Waals surface area contributed by atoms with Crippen LogP contribution in [0.25, 0.3) is 21.8 Å². The first-order chi connectivity index (χ1) is 20.4. The zero-order chi connectivity index (χ0) is 29.5. The lowest BCUT2D eigenvalue weighted by Crippen LogP contribution is -2.26. The van der Waals surface area contributed by atoms with Gasteiger partial charge in [0.1, 0.15) is 24.7 Å². The molecule has 42 heavy (non-hydrogen) atoms. The van der Waals surface area contributed by atoms with E-state index in [1.807, 2.05) is 37.5 Å². The lowest BCUT2D eigenvalue weighted by Gasteiger charge is -2.19. The molecule has 0 radical (unpaired) electrons. The molecule has 0 saturated carbocycles. The van der Waals surface area contributed by atoms with Crippen LogP contribution in [0.2, 0.25) is 0 Å². The van der Waals surface area contributed by atoms with Crippen molar-refractivity contribution < 1.29 is 28.5 Å². The number of nitrogens with zero attached hydrogens (tertiary/aromatic N) is 2. The SMILES string of the molecule is CN1CCCC1.Cc1c[nH]c2cccc(OC(=O)OCCOC(=O)Oc3cccc4[nH]cc(CC5CCCN5C)c34)c12. The number of rotatable bonds is 7. The summed E-state index contributed by atoms with van der Waals surface area (Å²) >= 11 is 0. The van der Waals surface area contributed by atoms with Gasteiger partial charge in [0.2, 0.25) is 0 Å². The van der Waals surface area contributed by atoms with Crippen LogP contribution in [-0.2, 0) is 15.9 Å². The summed E-state index contributed by atoms with van der Waals surface area (Å²) in [6.07, 6.45) is 8.12. The average Bonchev–Trinajstić information content (AvgIpc) is 3.78. The number of nitrogens with one attached hydrogen (secondary N) is 2. The second kappa shape index (κ2) is 13.8. The molecular weight excluding hydrogens is 536 g/mol. The molecule has 1 atom stereocenters. The smallest absolute Gasteiger partial charge is 0.430 e. The van der Waals surface area contributed by atoms with Gasteiger partial charge in [-0.15, -0.1) is 0 Å². The summed E-state index contributed by atoms with van der Waals surface area (Å²) in [6, 6.07) is 11.3. The summed E-state index contributed by atoms with van der Waals surface area (Å²) in [7, 11) is 4.31. The number of likely N-dealkylation sites (tertiary alicyclic amines) is 2. The molecule has 2 aliphatic rings. The number of ether oxygens (including phenoxy) is 4. The molecule has 0 spiro atoms. The minimum atomic E-state index is -0.876. The van der Waals surface area contributed by atoms with Gasteiger partial charge >= 0.3 is 12.3 Å². The Labute approximate surface area is 245 Å². The Hall–Kier alpha value is -4.02. The number of fused-ring (bicyclic) bond motifs is 2. The predicted octanol–water partition coefficient (Wildman–Crippen LogP) is 6.04. The van der Waals surface area contributed by atoms with E-state index in [2.05, 4.69) is 33.9 Å². The number of carbonyl (C=O) groups is 2. The minimum Gasteiger partial charge on any atom is -0.430 e. The molecule has 2 aromatic carbocycles. The van der Waals surface area contributed by atoms with Crippen LogP contribution in [0.4, 0.5) is 9.59 Å². The second-order valence-corrected chi connectivity index (χ2v) is 11.0. The van der Waals surface area contributed by atoms with E-state index in [4.69, 9.17) is 18.9 Å². The number of carbonyl (C=O) groups excluding carboxylic acids is 2. The Morgan fingerprint density at radius 3 is 1.98 bits per heavy atom. The molecule has 4 aromatic rings. The van der Waals surface area contributed by atoms with Crippen molar-refractivity contribution in [2.75, 3.05) is 46.9 Å². The summed E-state index contributed by atoms with van der Waals surface area (Å²) < 4.78 is 21.0. The van der Waals surface area contributed by atoms with Crippen LogP contribution in [-0.4, -0.2) is 85.1 Å². The van der Waals surface area contributed by atoms with E-state index in [1.54, 1.807) is 18.2 Å². The van der Waals surface area contributed by atoms with Gasteiger partial charge in [0.25, 0.3) is 0 Å². The van der Waals surface area contributed by atoms with Gasteiger partial charge in [-0.25, -0.2) is 9.59 Å². The van der Waals surface area contributed by atoms with Crippen molar-refractivity contribution in [3.8, 4) is 11.5 Å². The molecule has 6 rings (SSSR count). The molecule has 0 aliphatic carbocycles. The fourth-order valence-corrected chi connectivity index (χ4v) is 5.72. The van der Waals surface area contributed by atoms with Crippen molar-refractivity contribution in [1.29, 1.82) is 0 Å². The third-order valence-corrected chi connectivity index (χ3v) is 7.98. The fraction of sp³-hybridized carbons (Fsp3) is 0.438. The molecule has 10 nitrogen and oxygen atoms in total. The van der Waals surface area contributed by atoms with Gasteiger partial charge in [-0.3, -0.25) is 0 Å². The van der Waals surface area contributed by atoms with Crippen LogP contribution in [0.1, 0.15) is 36.8 Å². The van der Waals surface area contributed by atoms with Crippen LogP contribution in [0, 0.1) is 6.92 Å². The zero-order valence-electron chi connectivity index (χ0n) is 24.6. The molecule has 4 heterocycles. The number of aromatic amines is 2. The maximum atomic E-state index is 12.3. The van der Waals surface area contributed by atoms with E-state index in [-0.39, 0.29) is 13.2 Å². The van der Waals surface area contributed by atoms with E-state index in [0.717, 1.165) is 52.3 Å². The second-order valence-electron chi connectivity index (χ2n) is 11.0. The number of aromatic nitrogens is 2. The monoisotopic (exact) mass is 576 g/mol. The summed E-state index contributed by atoms with van der Waals surface area (Å²) in [6.45, 7) is 5.33. The van der Waals surface area contributed by atoms with Gasteiger partial charge in [-0.05, 0) is 108 Å². The maximum absolute atomic E-state index is 12.3. The van der Waals surface area contributed by atoms with Crippen LogP contribution >= 0.6 is 0 Å². The topological polar surface area (TPSA) is 109 Å². The lowest BCUT2D eigenvalue weighted by atomic mass is 10.0. The average molecular weight is 577 g/mol. The van der Waals surface area contributed by atoms with Crippen molar-refractivity contribution >= 4 is 34.1 Å². The van der Waals surface area contributed by atoms with Crippen LogP contribution in [0.15, 0.2) is 48.8 Å². The number of hydrogen-bond donors (Lipinski definition) is 2. The van der Waals surface area contributed by atoms with Crippen molar-refractivity contribution in [3.05, 3.63) is 59.9 Å². The van der Waals surface area contributed by atoms with Crippen molar-refractivity contribution in [1.82, 2.24) is 19.8 Å². The number of likely N-dealkylation sites (N-methyl/N-ethyl adjacent to an activating group) is 1. The lowest BCUT2D eigenvalue weighted by molar-refractivity contribution is 0.0546. The fourth-order valence-electron chi connectivity index (χ4n) is 5.72. The Bertz CT molecular complexity index is 1510. The molecule has 1 unspecified atom stereocenters. The van der Waals surface area contributed by atoms with Gasteiger partial charge in [-0.1, -0.05) is 12.1 Å². The Balaban J connectivity index is 0.000000524. The number of H-pyrrole nitrogens is 2. The zero-order valence-corrected chi connectivity index (χ0v) is 24.6. The summed E-state index contributed by atoms with van der Waals surface area (Å²) in [5.41, 5.74) is 3.82. The Kier molecular flexibility index (Phi) is 9.66. The molecule has 0 bridgehead atoms. The molecule has 0 amide bonds. The molecular formula is C32H40N4O6. The highest BCUT2D eigenvalue weighted by molar-refractivity contribution is 5.91. The largest absolute Gasteiger partial charge is 0.513 e. The first-order valence-electron chi connectivity index (χ1n) is 14.6. The number of hydrogen-bond acceptors (Lipinski definition) is 8. The van der Waals surface area contributed by atoms with E-state index in [0.29, 0.717) is 17.5 Å². The summed E-state index contributed by atoms with van der Waals surface area (Å²) in [4.78, 5) is 35.5. The normalized spacial score (nSPS) is 17.3. The highest BCUT2D eigenvalue weighted by Crippen LogP contribution is 2.32. The molecule has 2 saturated heterocycles. The molecule has 2 aromatic heterocycles. The number of benzene rings is 2. The first-order valence-corrected chi connectivity index (χ1v) is 14.6. The molecule has 2 N–H and O–H groups in total. The standard InChI is InChI=1S/C27H29N3O6.C5H11N/c1-17-15-28-20-7-3-9-22(24(17)20)35-26(31)33-12-13-34-27(32)36-23-10-4-8-21-25(23)18(16-29-21)14-19-6-5-11-30(19)2;1-6-4-2-3-5-6/h3-4,7-10,15-16,19,28-29H,5-6,11-14H2,1-2H3;2-5H2,1H3. The summed E-state index contributed by atoms with van der Waals surface area (Å²) in [5.74, 6) is 0.834. The Morgan fingerprint density at radius 1 is 0.810 bits per heavy atom. The van der Waals surface area contributed by atoms with Crippen LogP contribution in [0.5, 0.6) is 11.5 Å². The third kappa shape index (κ3) is 7.24. The van der Waals surface area contributed by atoms with Gasteiger partial charge in [-0.2, -0.15) is 0 Å². The minimum absolute atomic E-state index is 0.163. The molecule has 10 heteroatoms. The van der Waals surface area contributed by atoms with Gasteiger partial charge in [0, 0.05) is 40.2 Å². The molecule has 224 valence electrons. The van der Waals surface area contributed by atoms with Gasteiger partial charge < -0.3 is 38.7 Å². The third-order valence-electron chi connectivity index (χ3n) is 7.98. The maximum Gasteiger partial charge on any atom is 0.513 e. The highest BCUT2D eigenvalue weighted by Gasteiger charge is 2.23. The quantitative estimate of drug-likeness (QED) is 0.156. The summed E-state index contributed by atoms with van der Waals surface area (Å²) in [5, 5.41) is 1.69. The Morgan fingerprint density at radius 2 is 1.40 bits per heavy atom. The predicted molar refractivity (Wildman–Crippen MR) is 161 cm³/mol. The van der Waals surface area contributed by atoms with Gasteiger partial charge in [0.15, 0.2) is 0 Å². The van der Waals surface area contributed by atoms with Gasteiger partial charge in [0.05, 0.1) is 0 Å². The van der Waals surface area contributed by atoms with Crippen molar-refractivity contribution in [3.63, 3.8) is 0 Å².